The number of carbonyl (C=O) groups excluding carboxylic acids is 1. The number of amides is 1. The van der Waals surface area contributed by atoms with Crippen LogP contribution in [0.15, 0.2) is 36.4 Å². The summed E-state index contributed by atoms with van der Waals surface area (Å²) in [6, 6.07) is 6.17. The molecule has 0 heterocycles. The van der Waals surface area contributed by atoms with Crippen LogP contribution in [-0.2, 0) is 6.18 Å². The first-order valence-electron chi connectivity index (χ1n) is 6.13. The molecule has 2 nitrogen and oxygen atoms in total. The van der Waals surface area contributed by atoms with E-state index < -0.39 is 34.8 Å². The minimum atomic E-state index is -4.57. The van der Waals surface area contributed by atoms with Gasteiger partial charge in [-0.25, -0.2) is 8.78 Å². The van der Waals surface area contributed by atoms with Crippen molar-refractivity contribution in [1.29, 1.82) is 0 Å². The quantitative estimate of drug-likeness (QED) is 0.810. The highest BCUT2D eigenvalue weighted by molar-refractivity contribution is 6.04. The van der Waals surface area contributed by atoms with E-state index in [4.69, 9.17) is 0 Å². The molecule has 0 radical (unpaired) electrons. The molecule has 0 saturated heterocycles. The van der Waals surface area contributed by atoms with Gasteiger partial charge in [0, 0.05) is 5.69 Å². The zero-order chi connectivity index (χ0) is 16.5. The fraction of sp³-hybridized carbons (Fsp3) is 0.133. The summed E-state index contributed by atoms with van der Waals surface area (Å²) in [5, 5.41) is 2.12. The molecule has 0 aliphatic carbocycles. The minimum absolute atomic E-state index is 0.0116. The molecule has 0 aliphatic heterocycles. The van der Waals surface area contributed by atoms with Crippen molar-refractivity contribution in [2.75, 3.05) is 5.32 Å². The van der Waals surface area contributed by atoms with Crippen LogP contribution in [0.5, 0.6) is 0 Å². The smallest absolute Gasteiger partial charge is 0.322 e. The van der Waals surface area contributed by atoms with E-state index in [1.165, 1.54) is 19.1 Å². The Morgan fingerprint density at radius 1 is 1.09 bits per heavy atom. The monoisotopic (exact) mass is 315 g/mol. The molecule has 0 unspecified atom stereocenters. The van der Waals surface area contributed by atoms with Gasteiger partial charge in [-0.2, -0.15) is 13.2 Å². The zero-order valence-electron chi connectivity index (χ0n) is 11.3. The van der Waals surface area contributed by atoms with Crippen molar-refractivity contribution in [3.05, 3.63) is 64.7 Å². The van der Waals surface area contributed by atoms with E-state index in [9.17, 15) is 26.7 Å². The van der Waals surface area contributed by atoms with Crippen LogP contribution in [0.4, 0.5) is 27.6 Å². The summed E-state index contributed by atoms with van der Waals surface area (Å²) in [6.45, 7) is 1.28. The molecule has 7 heteroatoms. The number of halogens is 5. The summed E-state index contributed by atoms with van der Waals surface area (Å²) in [7, 11) is 0. The number of hydrogen-bond donors (Lipinski definition) is 1. The zero-order valence-corrected chi connectivity index (χ0v) is 11.3. The van der Waals surface area contributed by atoms with Gasteiger partial charge in [0.2, 0.25) is 0 Å². The maximum atomic E-state index is 13.5. The number of hydrogen-bond acceptors (Lipinski definition) is 1. The van der Waals surface area contributed by atoms with Crippen molar-refractivity contribution in [1.82, 2.24) is 0 Å². The molecule has 0 saturated carbocycles. The van der Waals surface area contributed by atoms with Crippen molar-refractivity contribution in [3.8, 4) is 0 Å². The predicted molar refractivity (Wildman–Crippen MR) is 70.5 cm³/mol. The fourth-order valence-electron chi connectivity index (χ4n) is 1.88. The molecule has 22 heavy (non-hydrogen) atoms. The number of anilines is 1. The van der Waals surface area contributed by atoms with Gasteiger partial charge >= 0.3 is 6.18 Å². The summed E-state index contributed by atoms with van der Waals surface area (Å²) in [6.07, 6.45) is -4.57. The average Bonchev–Trinajstić information content (AvgIpc) is 2.42. The van der Waals surface area contributed by atoms with E-state index in [1.54, 1.807) is 0 Å². The number of aryl methyl sites for hydroxylation is 1. The first-order chi connectivity index (χ1) is 10.2. The highest BCUT2D eigenvalue weighted by atomic mass is 19.4. The Bertz CT molecular complexity index is 724. The molecule has 0 aliphatic rings. The lowest BCUT2D eigenvalue weighted by atomic mass is 10.1. The van der Waals surface area contributed by atoms with E-state index >= 15 is 0 Å². The normalized spacial score (nSPS) is 11.4. The van der Waals surface area contributed by atoms with Gasteiger partial charge < -0.3 is 5.32 Å². The Kier molecular flexibility index (Phi) is 4.16. The maximum Gasteiger partial charge on any atom is 0.416 e. The molecule has 0 aromatic heterocycles. The third-order valence-corrected chi connectivity index (χ3v) is 3.00. The molecule has 2 rings (SSSR count). The molecule has 116 valence electrons. The molecule has 0 atom stereocenters. The fourth-order valence-corrected chi connectivity index (χ4v) is 1.88. The van der Waals surface area contributed by atoms with Crippen LogP contribution >= 0.6 is 0 Å². The number of carbonyl (C=O) groups is 1. The summed E-state index contributed by atoms with van der Waals surface area (Å²) >= 11 is 0. The molecular weight excluding hydrogens is 305 g/mol. The van der Waals surface area contributed by atoms with E-state index in [0.29, 0.717) is 0 Å². The van der Waals surface area contributed by atoms with Gasteiger partial charge in [-0.05, 0) is 36.8 Å². The van der Waals surface area contributed by atoms with Crippen molar-refractivity contribution in [2.45, 2.75) is 13.1 Å². The predicted octanol–water partition coefficient (Wildman–Crippen LogP) is 4.54. The maximum absolute atomic E-state index is 13.5. The number of rotatable bonds is 2. The summed E-state index contributed by atoms with van der Waals surface area (Å²) < 4.78 is 64.9. The molecule has 1 N–H and O–H groups in total. The number of alkyl halides is 3. The highest BCUT2D eigenvalue weighted by Gasteiger charge is 2.32. The van der Waals surface area contributed by atoms with Gasteiger partial charge in [0.15, 0.2) is 11.6 Å². The molecule has 1 amide bonds. The molecule has 0 bridgehead atoms. The lowest BCUT2D eigenvalue weighted by molar-refractivity contribution is -0.138. The van der Waals surface area contributed by atoms with Crippen LogP contribution in [0.1, 0.15) is 21.5 Å². The molecule has 2 aromatic carbocycles. The summed E-state index contributed by atoms with van der Waals surface area (Å²) in [5.74, 6) is -3.61. The van der Waals surface area contributed by atoms with Gasteiger partial charge in [-0.15, -0.1) is 0 Å². The SMILES string of the molecule is Cc1ccc(NC(=O)c2cccc(F)c2F)cc1C(F)(F)F. The Labute approximate surface area is 122 Å². The Morgan fingerprint density at radius 3 is 2.41 bits per heavy atom. The second kappa shape index (κ2) is 5.75. The largest absolute Gasteiger partial charge is 0.416 e. The minimum Gasteiger partial charge on any atom is -0.322 e. The summed E-state index contributed by atoms with van der Waals surface area (Å²) in [5.41, 5.74) is -1.67. The second-order valence-electron chi connectivity index (χ2n) is 4.58. The van der Waals surface area contributed by atoms with Crippen LogP contribution in [0, 0.1) is 18.6 Å². The number of nitrogens with one attached hydrogen (secondary N) is 1. The Hall–Kier alpha value is -2.44. The lowest BCUT2D eigenvalue weighted by Crippen LogP contribution is -2.16. The van der Waals surface area contributed by atoms with Crippen molar-refractivity contribution in [3.63, 3.8) is 0 Å². The van der Waals surface area contributed by atoms with Crippen LogP contribution in [0.2, 0.25) is 0 Å². The van der Waals surface area contributed by atoms with Crippen LogP contribution in [-0.4, -0.2) is 5.91 Å². The van der Waals surface area contributed by atoms with Crippen LogP contribution in [0.3, 0.4) is 0 Å². The highest BCUT2D eigenvalue weighted by Crippen LogP contribution is 2.33. The molecule has 2 aromatic rings. The van der Waals surface area contributed by atoms with Gasteiger partial charge in [0.1, 0.15) is 0 Å². The molecule has 0 spiro atoms. The van der Waals surface area contributed by atoms with Crippen molar-refractivity contribution >= 4 is 11.6 Å². The van der Waals surface area contributed by atoms with Gasteiger partial charge in [-0.1, -0.05) is 12.1 Å². The molecule has 0 fully saturated rings. The van der Waals surface area contributed by atoms with Gasteiger partial charge in [0.25, 0.3) is 5.91 Å². The van der Waals surface area contributed by atoms with Crippen molar-refractivity contribution in [2.24, 2.45) is 0 Å². The standard InChI is InChI=1S/C15H10F5NO/c1-8-5-6-9(7-11(8)15(18,19)20)21-14(22)10-3-2-4-12(16)13(10)17/h2-7H,1H3,(H,21,22). The van der Waals surface area contributed by atoms with E-state index in [-0.39, 0.29) is 11.3 Å². The van der Waals surface area contributed by atoms with Gasteiger partial charge in [-0.3, -0.25) is 4.79 Å². The second-order valence-corrected chi connectivity index (χ2v) is 4.58. The lowest BCUT2D eigenvalue weighted by Gasteiger charge is -2.13. The first kappa shape index (κ1) is 15.9. The summed E-state index contributed by atoms with van der Waals surface area (Å²) in [4.78, 5) is 11.8. The topological polar surface area (TPSA) is 29.1 Å². The van der Waals surface area contributed by atoms with Crippen LogP contribution in [0.25, 0.3) is 0 Å². The van der Waals surface area contributed by atoms with E-state index in [1.807, 2.05) is 0 Å². The van der Waals surface area contributed by atoms with E-state index in [2.05, 4.69) is 5.32 Å². The van der Waals surface area contributed by atoms with E-state index in [0.717, 1.165) is 24.3 Å². The Morgan fingerprint density at radius 2 is 1.77 bits per heavy atom. The first-order valence-corrected chi connectivity index (χ1v) is 6.13. The molecular formula is C15H10F5NO. The Balaban J connectivity index is 2.31. The van der Waals surface area contributed by atoms with Crippen LogP contribution < -0.4 is 5.32 Å². The average molecular weight is 315 g/mol. The van der Waals surface area contributed by atoms with Crippen molar-refractivity contribution < 1.29 is 26.7 Å². The van der Waals surface area contributed by atoms with Gasteiger partial charge in [0.05, 0.1) is 11.1 Å². The third kappa shape index (κ3) is 3.24. The number of benzene rings is 2. The third-order valence-electron chi connectivity index (χ3n) is 3.00.